The Morgan fingerprint density at radius 2 is 1.59 bits per heavy atom. The van der Waals surface area contributed by atoms with E-state index >= 15 is 0 Å². The van der Waals surface area contributed by atoms with Gasteiger partial charge in [-0.15, -0.1) is 11.8 Å². The maximum atomic E-state index is 13.6. The van der Waals surface area contributed by atoms with E-state index in [9.17, 15) is 9.59 Å². The van der Waals surface area contributed by atoms with Gasteiger partial charge in [0.15, 0.2) is 0 Å². The summed E-state index contributed by atoms with van der Waals surface area (Å²) in [6.07, 6.45) is 0.385. The number of aryl methyl sites for hydroxylation is 1. The number of amides is 2. The molecule has 3 rings (SSSR count). The van der Waals surface area contributed by atoms with Crippen molar-refractivity contribution < 1.29 is 9.59 Å². The predicted octanol–water partition coefficient (Wildman–Crippen LogP) is 6.17. The molecule has 3 aromatic rings. The molecule has 0 bridgehead atoms. The van der Waals surface area contributed by atoms with E-state index in [2.05, 4.69) is 5.32 Å². The van der Waals surface area contributed by atoms with E-state index in [0.29, 0.717) is 28.6 Å². The lowest BCUT2D eigenvalue weighted by Gasteiger charge is -2.32. The van der Waals surface area contributed by atoms with Gasteiger partial charge in [-0.05, 0) is 43.7 Å². The van der Waals surface area contributed by atoms with Crippen molar-refractivity contribution in [2.24, 2.45) is 0 Å². The van der Waals surface area contributed by atoms with Crippen molar-refractivity contribution in [3.05, 3.63) is 99.5 Å². The molecule has 1 N–H and O–H groups in total. The average molecular weight is 516 g/mol. The molecular formula is C27H28Cl2N2O2S. The van der Waals surface area contributed by atoms with Crippen molar-refractivity contribution in [2.75, 3.05) is 12.3 Å². The van der Waals surface area contributed by atoms with E-state index in [1.807, 2.05) is 68.4 Å². The van der Waals surface area contributed by atoms with E-state index in [1.54, 1.807) is 23.1 Å². The number of hydrogen-bond donors (Lipinski definition) is 1. The Bertz CT molecular complexity index is 1090. The summed E-state index contributed by atoms with van der Waals surface area (Å²) in [5, 5.41) is 3.82. The van der Waals surface area contributed by atoms with Gasteiger partial charge in [0.05, 0.1) is 5.75 Å². The van der Waals surface area contributed by atoms with Crippen LogP contribution in [0.5, 0.6) is 0 Å². The zero-order chi connectivity index (χ0) is 24.5. The SMILES string of the molecule is CCNC(=O)C(Cc1ccccc1)N(Cc1c(Cl)cccc1Cl)C(=O)CSc1ccc(C)cc1. The summed E-state index contributed by atoms with van der Waals surface area (Å²) < 4.78 is 0. The molecule has 0 heterocycles. The van der Waals surface area contributed by atoms with Gasteiger partial charge < -0.3 is 10.2 Å². The van der Waals surface area contributed by atoms with Gasteiger partial charge in [-0.3, -0.25) is 9.59 Å². The second-order valence-electron chi connectivity index (χ2n) is 7.92. The molecule has 34 heavy (non-hydrogen) atoms. The van der Waals surface area contributed by atoms with E-state index in [1.165, 1.54) is 11.8 Å². The fourth-order valence-corrected chi connectivity index (χ4v) is 4.86. The van der Waals surface area contributed by atoms with E-state index in [-0.39, 0.29) is 24.1 Å². The molecule has 0 saturated carbocycles. The van der Waals surface area contributed by atoms with Crippen LogP contribution in [0.15, 0.2) is 77.7 Å². The summed E-state index contributed by atoms with van der Waals surface area (Å²) >= 11 is 14.3. The molecule has 178 valence electrons. The highest BCUT2D eigenvalue weighted by molar-refractivity contribution is 8.00. The molecule has 0 saturated heterocycles. The van der Waals surface area contributed by atoms with Crippen molar-refractivity contribution in [1.29, 1.82) is 0 Å². The number of carbonyl (C=O) groups is 2. The first-order valence-electron chi connectivity index (χ1n) is 11.1. The van der Waals surface area contributed by atoms with Gasteiger partial charge in [0, 0.05) is 40.0 Å². The third-order valence-electron chi connectivity index (χ3n) is 5.40. The number of hydrogen-bond acceptors (Lipinski definition) is 3. The van der Waals surface area contributed by atoms with E-state index in [0.717, 1.165) is 16.0 Å². The highest BCUT2D eigenvalue weighted by Gasteiger charge is 2.31. The van der Waals surface area contributed by atoms with Crippen LogP contribution >= 0.6 is 35.0 Å². The van der Waals surface area contributed by atoms with Gasteiger partial charge in [-0.25, -0.2) is 0 Å². The summed E-state index contributed by atoms with van der Waals surface area (Å²) in [5.41, 5.74) is 2.75. The summed E-state index contributed by atoms with van der Waals surface area (Å²) in [6.45, 7) is 4.49. The van der Waals surface area contributed by atoms with E-state index < -0.39 is 6.04 Å². The lowest BCUT2D eigenvalue weighted by molar-refractivity contribution is -0.139. The molecule has 7 heteroatoms. The molecule has 2 amide bonds. The highest BCUT2D eigenvalue weighted by Crippen LogP contribution is 2.28. The standard InChI is InChI=1S/C27H28Cl2N2O2S/c1-3-30-27(33)25(16-20-8-5-4-6-9-20)31(17-22-23(28)10-7-11-24(22)29)26(32)18-34-21-14-12-19(2)13-15-21/h4-15,25H,3,16-18H2,1-2H3,(H,30,33). The van der Waals surface area contributed by atoms with Crippen LogP contribution in [0.3, 0.4) is 0 Å². The number of halogens is 2. The summed E-state index contributed by atoms with van der Waals surface area (Å²) in [7, 11) is 0. The molecule has 0 aliphatic rings. The van der Waals surface area contributed by atoms with Gasteiger partial charge in [0.1, 0.15) is 6.04 Å². The zero-order valence-corrected chi connectivity index (χ0v) is 21.6. The predicted molar refractivity (Wildman–Crippen MR) is 142 cm³/mol. The van der Waals surface area contributed by atoms with Gasteiger partial charge in [0.25, 0.3) is 0 Å². The minimum absolute atomic E-state index is 0.139. The number of benzene rings is 3. The fourth-order valence-electron chi connectivity index (χ4n) is 3.56. The molecular weight excluding hydrogens is 487 g/mol. The smallest absolute Gasteiger partial charge is 0.243 e. The molecule has 0 aliphatic heterocycles. The highest BCUT2D eigenvalue weighted by atomic mass is 35.5. The summed E-state index contributed by atoms with van der Waals surface area (Å²) in [6, 6.07) is 22.2. The van der Waals surface area contributed by atoms with Crippen LogP contribution < -0.4 is 5.32 Å². The molecule has 0 radical (unpaired) electrons. The largest absolute Gasteiger partial charge is 0.355 e. The van der Waals surface area contributed by atoms with Gasteiger partial charge in [-0.2, -0.15) is 0 Å². The van der Waals surface area contributed by atoms with Crippen LogP contribution in [0.4, 0.5) is 0 Å². The maximum absolute atomic E-state index is 13.6. The zero-order valence-electron chi connectivity index (χ0n) is 19.3. The van der Waals surface area contributed by atoms with Gasteiger partial charge in [0.2, 0.25) is 11.8 Å². The van der Waals surface area contributed by atoms with Crippen LogP contribution in [0.25, 0.3) is 0 Å². The van der Waals surface area contributed by atoms with Crippen LogP contribution in [0.1, 0.15) is 23.6 Å². The molecule has 1 unspecified atom stereocenters. The first-order valence-corrected chi connectivity index (χ1v) is 12.9. The van der Waals surface area contributed by atoms with Crippen molar-refractivity contribution in [3.63, 3.8) is 0 Å². The lowest BCUT2D eigenvalue weighted by Crippen LogP contribution is -2.51. The van der Waals surface area contributed by atoms with Crippen molar-refractivity contribution >= 4 is 46.8 Å². The Morgan fingerprint density at radius 1 is 0.941 bits per heavy atom. The number of nitrogens with one attached hydrogen (secondary N) is 1. The molecule has 0 aliphatic carbocycles. The second-order valence-corrected chi connectivity index (χ2v) is 9.79. The molecule has 1 atom stereocenters. The van der Waals surface area contributed by atoms with Gasteiger partial charge in [-0.1, -0.05) is 77.3 Å². The Kier molecular flexibility index (Phi) is 9.87. The monoisotopic (exact) mass is 514 g/mol. The Hall–Kier alpha value is -2.47. The van der Waals surface area contributed by atoms with Crippen molar-refractivity contribution in [1.82, 2.24) is 10.2 Å². The third kappa shape index (κ3) is 7.26. The fraction of sp³-hybridized carbons (Fsp3) is 0.259. The topological polar surface area (TPSA) is 49.4 Å². The second kappa shape index (κ2) is 12.8. The Morgan fingerprint density at radius 3 is 2.21 bits per heavy atom. The summed E-state index contributed by atoms with van der Waals surface area (Å²) in [4.78, 5) is 29.4. The van der Waals surface area contributed by atoms with Crippen molar-refractivity contribution in [3.8, 4) is 0 Å². The van der Waals surface area contributed by atoms with Crippen LogP contribution in [-0.4, -0.2) is 35.1 Å². The molecule has 0 aromatic heterocycles. The molecule has 0 fully saturated rings. The van der Waals surface area contributed by atoms with Crippen LogP contribution in [0, 0.1) is 6.92 Å². The number of likely N-dealkylation sites (N-methyl/N-ethyl adjacent to an activating group) is 1. The number of rotatable bonds is 10. The number of carbonyl (C=O) groups excluding carboxylic acids is 2. The maximum Gasteiger partial charge on any atom is 0.243 e. The number of thioether (sulfide) groups is 1. The first-order chi connectivity index (χ1) is 16.4. The molecule has 0 spiro atoms. The minimum Gasteiger partial charge on any atom is -0.355 e. The first kappa shape index (κ1) is 26.1. The minimum atomic E-state index is -0.708. The number of nitrogens with zero attached hydrogens (tertiary/aromatic N) is 1. The molecule has 3 aromatic carbocycles. The third-order valence-corrected chi connectivity index (χ3v) is 7.10. The lowest BCUT2D eigenvalue weighted by atomic mass is 10.0. The quantitative estimate of drug-likeness (QED) is 0.329. The van der Waals surface area contributed by atoms with Gasteiger partial charge >= 0.3 is 0 Å². The normalized spacial score (nSPS) is 11.6. The van der Waals surface area contributed by atoms with Crippen molar-refractivity contribution in [2.45, 2.75) is 37.8 Å². The van der Waals surface area contributed by atoms with Crippen LogP contribution in [-0.2, 0) is 22.6 Å². The Labute approximate surface area is 215 Å². The Balaban J connectivity index is 1.93. The average Bonchev–Trinajstić information content (AvgIpc) is 2.83. The van der Waals surface area contributed by atoms with E-state index in [4.69, 9.17) is 23.2 Å². The molecule has 4 nitrogen and oxygen atoms in total. The summed E-state index contributed by atoms with van der Waals surface area (Å²) in [5.74, 6) is -0.174. The van der Waals surface area contributed by atoms with Crippen LogP contribution in [0.2, 0.25) is 10.0 Å².